The van der Waals surface area contributed by atoms with Crippen molar-refractivity contribution in [1.82, 2.24) is 9.47 Å². The van der Waals surface area contributed by atoms with E-state index in [-0.39, 0.29) is 10.9 Å². The van der Waals surface area contributed by atoms with Crippen molar-refractivity contribution in [2.75, 3.05) is 11.9 Å². The molecule has 0 bridgehead atoms. The number of halogens is 2. The number of benzene rings is 1. The number of hydrogen-bond donors (Lipinski definition) is 2. The van der Waals surface area contributed by atoms with Crippen LogP contribution in [0.2, 0.25) is 10.0 Å². The van der Waals surface area contributed by atoms with Gasteiger partial charge in [-0.1, -0.05) is 23.2 Å². The minimum atomic E-state index is -1.17. The lowest BCUT2D eigenvalue weighted by atomic mass is 10.2. The van der Waals surface area contributed by atoms with E-state index in [2.05, 4.69) is 5.32 Å². The number of carbonyl (C=O) groups excluding carboxylic acids is 1. The highest BCUT2D eigenvalue weighted by Crippen LogP contribution is 2.39. The van der Waals surface area contributed by atoms with Crippen LogP contribution < -0.4 is 5.32 Å². The van der Waals surface area contributed by atoms with Gasteiger partial charge in [-0.25, -0.2) is 4.79 Å². The lowest BCUT2D eigenvalue weighted by Crippen LogP contribution is -2.36. The first kappa shape index (κ1) is 15.0. The number of hydrogen-bond acceptors (Lipinski definition) is 2. The number of fused-ring (bicyclic) bond motifs is 3. The van der Waals surface area contributed by atoms with Gasteiger partial charge >= 0.3 is 6.09 Å². The molecule has 0 fully saturated rings. The minimum absolute atomic E-state index is 0.00419. The number of aromatic nitrogens is 1. The van der Waals surface area contributed by atoms with Crippen LogP contribution in [-0.4, -0.2) is 33.1 Å². The lowest BCUT2D eigenvalue weighted by Gasteiger charge is -2.28. The van der Waals surface area contributed by atoms with Crippen molar-refractivity contribution in [2.45, 2.75) is 20.0 Å². The van der Waals surface area contributed by atoms with Crippen LogP contribution in [0.15, 0.2) is 12.1 Å². The molecule has 0 atom stereocenters. The lowest BCUT2D eigenvalue weighted by molar-refractivity contribution is -0.130. The van der Waals surface area contributed by atoms with Crippen molar-refractivity contribution in [2.24, 2.45) is 0 Å². The van der Waals surface area contributed by atoms with Gasteiger partial charge in [0, 0.05) is 31.1 Å². The largest absolute Gasteiger partial charge is 0.465 e. The van der Waals surface area contributed by atoms with Crippen LogP contribution in [0.25, 0.3) is 10.9 Å². The molecule has 8 heteroatoms. The Hall–Kier alpha value is -1.92. The first-order valence-electron chi connectivity index (χ1n) is 6.64. The van der Waals surface area contributed by atoms with Gasteiger partial charge in [0.2, 0.25) is 5.91 Å². The number of nitrogens with one attached hydrogen (secondary N) is 1. The summed E-state index contributed by atoms with van der Waals surface area (Å²) in [4.78, 5) is 24.2. The van der Waals surface area contributed by atoms with E-state index in [1.165, 1.54) is 13.0 Å². The van der Waals surface area contributed by atoms with Gasteiger partial charge in [0.25, 0.3) is 0 Å². The second-order valence-electron chi connectivity index (χ2n) is 5.14. The second-order valence-corrected chi connectivity index (χ2v) is 5.93. The molecule has 0 unspecified atom stereocenters. The number of nitrogens with zero attached hydrogens (tertiary/aromatic N) is 2. The van der Waals surface area contributed by atoms with Crippen molar-refractivity contribution in [1.29, 1.82) is 0 Å². The zero-order chi connectivity index (χ0) is 16.0. The van der Waals surface area contributed by atoms with Crippen molar-refractivity contribution in [3.05, 3.63) is 27.9 Å². The third kappa shape index (κ3) is 2.38. The first-order valence-corrected chi connectivity index (χ1v) is 7.39. The van der Waals surface area contributed by atoms with E-state index in [4.69, 9.17) is 28.3 Å². The number of carboxylic acid groups (broad SMARTS) is 1. The molecule has 1 aromatic heterocycles. The zero-order valence-electron chi connectivity index (χ0n) is 11.7. The van der Waals surface area contributed by atoms with Crippen molar-refractivity contribution in [3.63, 3.8) is 0 Å². The summed E-state index contributed by atoms with van der Waals surface area (Å²) in [5.74, 6) is 0.00419. The summed E-state index contributed by atoms with van der Waals surface area (Å²) >= 11 is 12.4. The Morgan fingerprint density at radius 3 is 2.64 bits per heavy atom. The van der Waals surface area contributed by atoms with Crippen molar-refractivity contribution in [3.8, 4) is 0 Å². The average Bonchev–Trinajstić information content (AvgIpc) is 2.82. The molecule has 2 amide bonds. The van der Waals surface area contributed by atoms with E-state index in [1.807, 2.05) is 10.6 Å². The fraction of sp³-hybridized carbons (Fsp3) is 0.286. The van der Waals surface area contributed by atoms with Gasteiger partial charge < -0.3 is 14.6 Å². The van der Waals surface area contributed by atoms with E-state index in [0.717, 1.165) is 5.69 Å². The van der Waals surface area contributed by atoms with Crippen LogP contribution in [0.3, 0.4) is 0 Å². The fourth-order valence-electron chi connectivity index (χ4n) is 2.79. The molecule has 2 heterocycles. The summed E-state index contributed by atoms with van der Waals surface area (Å²) in [5, 5.41) is 12.6. The van der Waals surface area contributed by atoms with Crippen LogP contribution >= 0.6 is 23.2 Å². The molecule has 0 saturated heterocycles. The molecule has 6 nitrogen and oxygen atoms in total. The Kier molecular flexibility index (Phi) is 3.66. The van der Waals surface area contributed by atoms with Crippen LogP contribution in [0, 0.1) is 0 Å². The highest BCUT2D eigenvalue weighted by molar-refractivity contribution is 6.45. The average molecular weight is 342 g/mol. The normalized spacial score (nSPS) is 14.0. The van der Waals surface area contributed by atoms with E-state index >= 15 is 0 Å². The van der Waals surface area contributed by atoms with Crippen LogP contribution in [0.4, 0.5) is 10.5 Å². The molecular weight excluding hydrogens is 329 g/mol. The Morgan fingerprint density at radius 2 is 2.00 bits per heavy atom. The molecule has 3 rings (SSSR count). The molecule has 2 N–H and O–H groups in total. The quantitative estimate of drug-likeness (QED) is 0.834. The highest BCUT2D eigenvalue weighted by Gasteiger charge is 2.24. The van der Waals surface area contributed by atoms with Gasteiger partial charge in [-0.2, -0.15) is 0 Å². The predicted octanol–water partition coefficient (Wildman–Crippen LogP) is 3.40. The first-order chi connectivity index (χ1) is 10.4. The minimum Gasteiger partial charge on any atom is -0.465 e. The summed E-state index contributed by atoms with van der Waals surface area (Å²) in [6.45, 7) is 3.16. The Bertz CT molecular complexity index is 800. The van der Waals surface area contributed by atoms with E-state index in [1.54, 1.807) is 4.90 Å². The highest BCUT2D eigenvalue weighted by atomic mass is 35.5. The van der Waals surface area contributed by atoms with E-state index in [9.17, 15) is 9.59 Å². The molecule has 22 heavy (non-hydrogen) atoms. The molecule has 2 aromatic rings. The standard InChI is InChI=1S/C14H13Cl2N3O3/c1-7(20)18-2-3-19-8(6-18)4-9-11(17-14(21)22)5-10(15)12(16)13(9)19/h4-5,17H,2-3,6H2,1H3,(H,21,22). The second kappa shape index (κ2) is 5.37. The van der Waals surface area contributed by atoms with Crippen LogP contribution in [-0.2, 0) is 17.9 Å². The van der Waals surface area contributed by atoms with Crippen LogP contribution in [0.5, 0.6) is 0 Å². The van der Waals surface area contributed by atoms with Gasteiger partial charge in [0.15, 0.2) is 0 Å². The van der Waals surface area contributed by atoms with Gasteiger partial charge in [0.05, 0.1) is 27.8 Å². The maximum absolute atomic E-state index is 11.5. The molecule has 1 aliphatic rings. The van der Waals surface area contributed by atoms with E-state index in [0.29, 0.717) is 41.2 Å². The summed E-state index contributed by atoms with van der Waals surface area (Å²) in [5.41, 5.74) is 1.97. The fourth-order valence-corrected chi connectivity index (χ4v) is 3.25. The van der Waals surface area contributed by atoms with Crippen LogP contribution in [0.1, 0.15) is 12.6 Å². The number of carbonyl (C=O) groups is 2. The molecule has 0 radical (unpaired) electrons. The topological polar surface area (TPSA) is 74.6 Å². The Balaban J connectivity index is 2.20. The van der Waals surface area contributed by atoms with Crippen molar-refractivity contribution >= 4 is 51.8 Å². The SMILES string of the molecule is CC(=O)N1CCn2c(cc3c(NC(=O)O)cc(Cl)c(Cl)c32)C1. The molecule has 0 aliphatic carbocycles. The number of anilines is 1. The molecule has 0 saturated carbocycles. The van der Waals surface area contributed by atoms with E-state index < -0.39 is 6.09 Å². The predicted molar refractivity (Wildman–Crippen MR) is 84.7 cm³/mol. The summed E-state index contributed by atoms with van der Waals surface area (Å²) in [6.07, 6.45) is -1.17. The summed E-state index contributed by atoms with van der Waals surface area (Å²) in [7, 11) is 0. The summed E-state index contributed by atoms with van der Waals surface area (Å²) < 4.78 is 1.98. The monoisotopic (exact) mass is 341 g/mol. The molecular formula is C14H13Cl2N3O3. The molecule has 1 aromatic carbocycles. The maximum Gasteiger partial charge on any atom is 0.409 e. The molecule has 1 aliphatic heterocycles. The third-order valence-corrected chi connectivity index (χ3v) is 4.57. The number of amides is 2. The zero-order valence-corrected chi connectivity index (χ0v) is 13.2. The third-order valence-electron chi connectivity index (χ3n) is 3.79. The van der Waals surface area contributed by atoms with Gasteiger partial charge in [-0.05, 0) is 12.1 Å². The Morgan fingerprint density at radius 1 is 1.27 bits per heavy atom. The van der Waals surface area contributed by atoms with Gasteiger partial charge in [0.1, 0.15) is 0 Å². The summed E-state index contributed by atoms with van der Waals surface area (Å²) in [6, 6.07) is 3.34. The van der Waals surface area contributed by atoms with Gasteiger partial charge in [-0.15, -0.1) is 0 Å². The smallest absolute Gasteiger partial charge is 0.409 e. The molecule has 116 valence electrons. The van der Waals surface area contributed by atoms with Gasteiger partial charge in [-0.3, -0.25) is 10.1 Å². The maximum atomic E-state index is 11.5. The molecule has 0 spiro atoms. The Labute approximate surface area is 136 Å². The number of rotatable bonds is 1. The van der Waals surface area contributed by atoms with Crippen molar-refractivity contribution < 1.29 is 14.7 Å².